The largest absolute Gasteiger partial charge is 0.416 e. The fourth-order valence-electron chi connectivity index (χ4n) is 8.16. The van der Waals surface area contributed by atoms with Crippen LogP contribution in [0, 0.1) is 0 Å². The summed E-state index contributed by atoms with van der Waals surface area (Å²) in [6, 6.07) is 0.539. The molecule has 0 N–H and O–H groups in total. The maximum absolute atomic E-state index is 14.2. The Hall–Kier alpha value is -6.68. The van der Waals surface area contributed by atoms with E-state index in [-0.39, 0.29) is 5.78 Å². The van der Waals surface area contributed by atoms with Crippen molar-refractivity contribution in [3.05, 3.63) is 184 Å². The standard InChI is InChI=1S/C32H12BF24.C18H20N2OS/c34-25(35,36)13-1-14(26(37,38)39)6-21(5-13)33(22-7-15(27(40,41)42)2-16(8-22)28(43,44)45,23-9-17(29(46,47)48)3-18(10-23)30(49,50)51)24-11-19(31(52,53)54)4-20(12-24)32(55,56)57;1-15(22)7-5-6-10-17-13-19-11-12-20(17)14-18(21)16-8-3-2-4-9-16/h1-12H;2-4,6,8-13,15H,5,7,14H2,1H3/q-1;/p+1. The molecule has 0 aliphatic rings. The second kappa shape index (κ2) is 22.8. The van der Waals surface area contributed by atoms with Crippen molar-refractivity contribution >= 4 is 52.5 Å². The number of alkyl halides is 24. The molecule has 5 aromatic carbocycles. The van der Waals surface area contributed by atoms with Gasteiger partial charge >= 0.3 is 49.4 Å². The van der Waals surface area contributed by atoms with Crippen molar-refractivity contribution in [1.82, 2.24) is 4.98 Å². The average molecular weight is 1180 g/mol. The summed E-state index contributed by atoms with van der Waals surface area (Å²) in [7, 11) is 0. The number of benzene rings is 5. The van der Waals surface area contributed by atoms with Crippen LogP contribution in [0.4, 0.5) is 105 Å². The summed E-state index contributed by atoms with van der Waals surface area (Å²) < 4.78 is 343. The third kappa shape index (κ3) is 15.8. The smallest absolute Gasteiger partial charge is 0.287 e. The molecule has 0 radical (unpaired) electrons. The molecule has 0 aliphatic heterocycles. The van der Waals surface area contributed by atoms with Crippen LogP contribution in [0.5, 0.6) is 0 Å². The third-order valence-corrected chi connectivity index (χ3v) is 12.0. The van der Waals surface area contributed by atoms with Gasteiger partial charge in [-0.25, -0.2) is 0 Å². The van der Waals surface area contributed by atoms with E-state index in [0.29, 0.717) is 11.8 Å². The first kappa shape index (κ1) is 63.2. The molecule has 6 rings (SSSR count). The molecule has 426 valence electrons. The van der Waals surface area contributed by atoms with Crippen LogP contribution in [0.25, 0.3) is 6.08 Å². The van der Waals surface area contributed by atoms with Crippen LogP contribution in [0.1, 0.15) is 80.3 Å². The molecule has 0 bridgehead atoms. The Morgan fingerprint density at radius 2 is 0.785 bits per heavy atom. The van der Waals surface area contributed by atoms with Gasteiger partial charge in [-0.05, 0) is 42.4 Å². The van der Waals surface area contributed by atoms with E-state index in [1.54, 1.807) is 12.4 Å². The number of hydrogen-bond donors (Lipinski definition) is 1. The normalized spacial score (nSPS) is 13.8. The van der Waals surface area contributed by atoms with Gasteiger partial charge in [0, 0.05) is 11.6 Å². The molecule has 1 atom stereocenters. The molecule has 6 aromatic rings. The Morgan fingerprint density at radius 3 is 1.05 bits per heavy atom. The lowest BCUT2D eigenvalue weighted by Gasteiger charge is -2.46. The van der Waals surface area contributed by atoms with Crippen LogP contribution in [0.2, 0.25) is 0 Å². The Morgan fingerprint density at radius 1 is 0.494 bits per heavy atom. The molecular formula is C50H33BF24N2OS. The van der Waals surface area contributed by atoms with Crippen LogP contribution in [0.15, 0.2) is 128 Å². The van der Waals surface area contributed by atoms with E-state index >= 15 is 0 Å². The maximum atomic E-state index is 14.2. The lowest BCUT2D eigenvalue weighted by atomic mass is 9.12. The van der Waals surface area contributed by atoms with Gasteiger partial charge in [0.15, 0.2) is 6.20 Å². The number of halogens is 24. The van der Waals surface area contributed by atoms with Gasteiger partial charge in [0.05, 0.1) is 56.9 Å². The Kier molecular flexibility index (Phi) is 18.2. The molecule has 0 saturated carbocycles. The predicted octanol–water partition coefficient (Wildman–Crippen LogP) is 14.6. The number of allylic oxidation sites excluding steroid dienone is 1. The van der Waals surface area contributed by atoms with Crippen molar-refractivity contribution < 1.29 is 115 Å². The topological polar surface area (TPSA) is 33.8 Å². The van der Waals surface area contributed by atoms with Gasteiger partial charge in [0.1, 0.15) is 6.15 Å². The van der Waals surface area contributed by atoms with Crippen molar-refractivity contribution in [2.45, 2.75) is 81.0 Å². The Bertz CT molecular complexity index is 2710. The summed E-state index contributed by atoms with van der Waals surface area (Å²) in [4.78, 5) is 16.5. The molecule has 1 heterocycles. The van der Waals surface area contributed by atoms with Gasteiger partial charge in [-0.2, -0.15) is 144 Å². The SMILES string of the molecule is CC(S)CCC=Cc1cncc[n+]1CC(=O)c1ccccc1.FC(F)(F)c1cc([B-](c2cc(C(F)(F)F)cc(C(F)(F)F)c2)(c2cc(C(F)(F)F)cc(C(F)(F)F)c2)c2cc(C(F)(F)F)cc(C(F)(F)F)c2)cc(C(F)(F)F)c1. The van der Waals surface area contributed by atoms with Gasteiger partial charge < -0.3 is 0 Å². The minimum atomic E-state index is -6.13. The lowest BCUT2D eigenvalue weighted by molar-refractivity contribution is -0.685. The number of carbonyl (C=O) groups is 1. The average Bonchev–Trinajstić information content (AvgIpc) is 3.47. The number of hydrogen-bond acceptors (Lipinski definition) is 3. The number of Topliss-reactive ketones (excluding diaryl/α,β-unsaturated/α-hetero) is 1. The van der Waals surface area contributed by atoms with Crippen LogP contribution in [-0.2, 0) is 56.0 Å². The van der Waals surface area contributed by atoms with E-state index in [1.165, 1.54) is 0 Å². The van der Waals surface area contributed by atoms with Gasteiger partial charge in [0.2, 0.25) is 18.0 Å². The van der Waals surface area contributed by atoms with Crippen LogP contribution >= 0.6 is 12.6 Å². The monoisotopic (exact) mass is 1180 g/mol. The fourth-order valence-corrected chi connectivity index (χ4v) is 8.31. The zero-order valence-corrected chi connectivity index (χ0v) is 40.2. The highest BCUT2D eigenvalue weighted by atomic mass is 32.1. The molecule has 29 heteroatoms. The zero-order chi connectivity index (χ0) is 59.7. The van der Waals surface area contributed by atoms with Crippen LogP contribution in [-0.4, -0.2) is 22.2 Å². The molecule has 79 heavy (non-hydrogen) atoms. The summed E-state index contributed by atoms with van der Waals surface area (Å²) in [6.07, 6.45) is -43.4. The molecule has 0 saturated heterocycles. The molecule has 0 fully saturated rings. The molecule has 0 spiro atoms. The first-order valence-electron chi connectivity index (χ1n) is 22.0. The Balaban J connectivity index is 0.000000433. The highest BCUT2D eigenvalue weighted by Gasteiger charge is 2.47. The van der Waals surface area contributed by atoms with Crippen molar-refractivity contribution in [3.63, 3.8) is 0 Å². The van der Waals surface area contributed by atoms with Crippen molar-refractivity contribution in [2.75, 3.05) is 0 Å². The molecule has 0 aliphatic carbocycles. The van der Waals surface area contributed by atoms with Crippen molar-refractivity contribution in [3.8, 4) is 0 Å². The minimum Gasteiger partial charge on any atom is -0.287 e. The van der Waals surface area contributed by atoms with E-state index in [2.05, 4.69) is 30.6 Å². The Labute approximate surface area is 435 Å². The first-order valence-corrected chi connectivity index (χ1v) is 22.6. The molecular weight excluding hydrogens is 1140 g/mol. The summed E-state index contributed by atoms with van der Waals surface area (Å²) in [5.41, 5.74) is -28.5. The fraction of sp³-hybridized carbons (Fsp3) is 0.260. The highest BCUT2D eigenvalue weighted by molar-refractivity contribution is 7.80. The van der Waals surface area contributed by atoms with Gasteiger partial charge in [0.25, 0.3) is 0 Å². The number of thiol groups is 1. The molecule has 0 amide bonds. The van der Waals surface area contributed by atoms with E-state index in [0.717, 1.165) is 24.1 Å². The molecule has 3 nitrogen and oxygen atoms in total. The van der Waals surface area contributed by atoms with E-state index < -0.39 is 195 Å². The van der Waals surface area contributed by atoms with E-state index in [1.807, 2.05) is 47.2 Å². The third-order valence-electron chi connectivity index (χ3n) is 11.8. The summed E-state index contributed by atoms with van der Waals surface area (Å²) >= 11 is 4.37. The molecule has 1 aromatic heterocycles. The van der Waals surface area contributed by atoms with E-state index in [4.69, 9.17) is 0 Å². The van der Waals surface area contributed by atoms with Gasteiger partial charge in [-0.15, -0.1) is 0 Å². The number of rotatable bonds is 11. The van der Waals surface area contributed by atoms with Crippen LogP contribution < -0.4 is 26.4 Å². The number of aromatic nitrogens is 2. The number of carbonyl (C=O) groups excluding carboxylic acids is 1. The quantitative estimate of drug-likeness (QED) is 0.0461. The predicted molar refractivity (Wildman–Crippen MR) is 242 cm³/mol. The second-order valence-electron chi connectivity index (χ2n) is 17.5. The van der Waals surface area contributed by atoms with Gasteiger partial charge in [-0.1, -0.05) is 91.9 Å². The summed E-state index contributed by atoms with van der Waals surface area (Å²) in [5.74, 6) is 0.0930. The van der Waals surface area contributed by atoms with Crippen molar-refractivity contribution in [1.29, 1.82) is 0 Å². The number of ketones is 1. The summed E-state index contributed by atoms with van der Waals surface area (Å²) in [5, 5.41) is 0.394. The maximum Gasteiger partial charge on any atom is 0.416 e. The molecule has 1 unspecified atom stereocenters. The van der Waals surface area contributed by atoms with Crippen molar-refractivity contribution in [2.24, 2.45) is 0 Å². The van der Waals surface area contributed by atoms with E-state index in [9.17, 15) is 110 Å². The highest BCUT2D eigenvalue weighted by Crippen LogP contribution is 2.41. The van der Waals surface area contributed by atoms with Crippen LogP contribution in [0.3, 0.4) is 0 Å². The van der Waals surface area contributed by atoms with Gasteiger partial charge in [-0.3, -0.25) is 9.78 Å². The minimum absolute atomic E-state index is 0.0930. The zero-order valence-electron chi connectivity index (χ0n) is 39.3. The lowest BCUT2D eigenvalue weighted by Crippen LogP contribution is -2.75. The number of nitrogens with zero attached hydrogens (tertiary/aromatic N) is 2. The first-order chi connectivity index (χ1) is 35.9. The summed E-state index contributed by atoms with van der Waals surface area (Å²) in [6.45, 7) is 2.40. The second-order valence-corrected chi connectivity index (χ2v) is 18.4.